The Morgan fingerprint density at radius 2 is 2.11 bits per heavy atom. The Hall–Kier alpha value is -2.54. The molecule has 2 N–H and O–H groups in total. The van der Waals surface area contributed by atoms with E-state index in [0.29, 0.717) is 17.8 Å². The maximum Gasteiger partial charge on any atom is 0.0992 e. The minimum atomic E-state index is 0.605. The SMILES string of the molecule is Cc1cccc(CN(C)c2cc(C#N)ccc2N)n1. The summed E-state index contributed by atoms with van der Waals surface area (Å²) in [5.74, 6) is 0. The normalized spacial score (nSPS) is 9.95. The number of hydrogen-bond acceptors (Lipinski definition) is 4. The van der Waals surface area contributed by atoms with Gasteiger partial charge in [-0.05, 0) is 37.3 Å². The molecule has 0 radical (unpaired) electrons. The summed E-state index contributed by atoms with van der Waals surface area (Å²) >= 11 is 0. The largest absolute Gasteiger partial charge is 0.397 e. The fourth-order valence-electron chi connectivity index (χ4n) is 1.96. The number of hydrogen-bond donors (Lipinski definition) is 1. The molecule has 1 heterocycles. The third-order valence-corrected chi connectivity index (χ3v) is 2.92. The van der Waals surface area contributed by atoms with Crippen LogP contribution in [0.5, 0.6) is 0 Å². The average molecular weight is 252 g/mol. The lowest BCUT2D eigenvalue weighted by atomic mass is 10.1. The van der Waals surface area contributed by atoms with Crippen LogP contribution in [0.2, 0.25) is 0 Å². The molecule has 0 bridgehead atoms. The van der Waals surface area contributed by atoms with Gasteiger partial charge in [-0.2, -0.15) is 5.26 Å². The van der Waals surface area contributed by atoms with E-state index in [0.717, 1.165) is 17.1 Å². The van der Waals surface area contributed by atoms with E-state index in [4.69, 9.17) is 11.0 Å². The molecule has 19 heavy (non-hydrogen) atoms. The zero-order chi connectivity index (χ0) is 13.8. The molecular weight excluding hydrogens is 236 g/mol. The number of benzene rings is 1. The lowest BCUT2D eigenvalue weighted by molar-refractivity contribution is 0.878. The molecule has 2 aromatic rings. The van der Waals surface area contributed by atoms with Gasteiger partial charge in [0, 0.05) is 12.7 Å². The van der Waals surface area contributed by atoms with Crippen LogP contribution in [0, 0.1) is 18.3 Å². The number of pyridine rings is 1. The summed E-state index contributed by atoms with van der Waals surface area (Å²) in [6, 6.07) is 13.3. The summed E-state index contributed by atoms with van der Waals surface area (Å²) in [4.78, 5) is 6.46. The lowest BCUT2D eigenvalue weighted by Crippen LogP contribution is -2.18. The minimum absolute atomic E-state index is 0.605. The predicted molar refractivity (Wildman–Crippen MR) is 76.7 cm³/mol. The second-order valence-electron chi connectivity index (χ2n) is 4.51. The maximum absolute atomic E-state index is 8.94. The standard InChI is InChI=1S/C15H16N4/c1-11-4-3-5-13(18-11)10-19(2)15-8-12(9-16)6-7-14(15)17/h3-8H,10,17H2,1-2H3. The monoisotopic (exact) mass is 252 g/mol. The first kappa shape index (κ1) is 12.9. The first-order valence-electron chi connectivity index (χ1n) is 6.03. The number of aryl methyl sites for hydroxylation is 1. The van der Waals surface area contributed by atoms with Crippen LogP contribution in [0.25, 0.3) is 0 Å². The number of nitriles is 1. The lowest BCUT2D eigenvalue weighted by Gasteiger charge is -2.21. The Bertz CT molecular complexity index is 628. The fraction of sp³-hybridized carbons (Fsp3) is 0.200. The van der Waals surface area contributed by atoms with E-state index in [1.165, 1.54) is 0 Å². The highest BCUT2D eigenvalue weighted by Crippen LogP contribution is 2.24. The maximum atomic E-state index is 8.94. The molecule has 0 atom stereocenters. The van der Waals surface area contributed by atoms with Crippen molar-refractivity contribution >= 4 is 11.4 Å². The summed E-state index contributed by atoms with van der Waals surface area (Å²) < 4.78 is 0. The van der Waals surface area contributed by atoms with Crippen molar-refractivity contribution in [1.29, 1.82) is 5.26 Å². The van der Waals surface area contributed by atoms with Crippen LogP contribution in [-0.4, -0.2) is 12.0 Å². The molecule has 1 aromatic heterocycles. The molecule has 4 heteroatoms. The van der Waals surface area contributed by atoms with Gasteiger partial charge in [-0.25, -0.2) is 0 Å². The summed E-state index contributed by atoms with van der Waals surface area (Å²) in [5.41, 5.74) is 10.0. The van der Waals surface area contributed by atoms with Crippen LogP contribution in [0.4, 0.5) is 11.4 Å². The van der Waals surface area contributed by atoms with Crippen molar-refractivity contribution in [3.05, 3.63) is 53.3 Å². The Labute approximate surface area is 113 Å². The number of nitrogens with zero attached hydrogens (tertiary/aromatic N) is 3. The third kappa shape index (κ3) is 3.02. The molecule has 1 aromatic carbocycles. The third-order valence-electron chi connectivity index (χ3n) is 2.92. The number of rotatable bonds is 3. The van der Waals surface area contributed by atoms with Gasteiger partial charge in [0.2, 0.25) is 0 Å². The number of anilines is 2. The zero-order valence-electron chi connectivity index (χ0n) is 11.1. The summed E-state index contributed by atoms with van der Waals surface area (Å²) in [5, 5.41) is 8.94. The molecular formula is C15H16N4. The second-order valence-corrected chi connectivity index (χ2v) is 4.51. The van der Waals surface area contributed by atoms with Crippen LogP contribution in [0.15, 0.2) is 36.4 Å². The van der Waals surface area contributed by atoms with Crippen molar-refractivity contribution in [2.75, 3.05) is 17.7 Å². The van der Waals surface area contributed by atoms with Crippen molar-refractivity contribution in [3.63, 3.8) is 0 Å². The van der Waals surface area contributed by atoms with Crippen LogP contribution in [-0.2, 0) is 6.54 Å². The molecule has 2 rings (SSSR count). The quantitative estimate of drug-likeness (QED) is 0.852. The van der Waals surface area contributed by atoms with E-state index in [1.807, 2.05) is 37.1 Å². The van der Waals surface area contributed by atoms with E-state index in [9.17, 15) is 0 Å². The number of aromatic nitrogens is 1. The first-order valence-corrected chi connectivity index (χ1v) is 6.03. The van der Waals surface area contributed by atoms with Gasteiger partial charge in [-0.15, -0.1) is 0 Å². The highest BCUT2D eigenvalue weighted by atomic mass is 15.1. The van der Waals surface area contributed by atoms with Gasteiger partial charge in [0.25, 0.3) is 0 Å². The topological polar surface area (TPSA) is 65.9 Å². The molecule has 0 spiro atoms. The first-order chi connectivity index (χ1) is 9.10. The number of nitrogen functional groups attached to an aromatic ring is 1. The van der Waals surface area contributed by atoms with Gasteiger partial charge in [0.05, 0.1) is 35.2 Å². The second kappa shape index (κ2) is 5.40. The molecule has 0 unspecified atom stereocenters. The van der Waals surface area contributed by atoms with E-state index in [2.05, 4.69) is 11.1 Å². The van der Waals surface area contributed by atoms with Crippen molar-refractivity contribution in [2.24, 2.45) is 0 Å². The van der Waals surface area contributed by atoms with Gasteiger partial charge in [0.1, 0.15) is 0 Å². The molecule has 0 aliphatic rings. The van der Waals surface area contributed by atoms with E-state index < -0.39 is 0 Å². The molecule has 0 aliphatic heterocycles. The Morgan fingerprint density at radius 3 is 2.79 bits per heavy atom. The smallest absolute Gasteiger partial charge is 0.0992 e. The molecule has 96 valence electrons. The van der Waals surface area contributed by atoms with Crippen molar-refractivity contribution < 1.29 is 0 Å². The summed E-state index contributed by atoms with van der Waals surface area (Å²) in [7, 11) is 1.94. The predicted octanol–water partition coefficient (Wildman–Crippen LogP) is 2.48. The molecule has 0 saturated carbocycles. The van der Waals surface area contributed by atoms with E-state index in [1.54, 1.807) is 18.2 Å². The molecule has 0 fully saturated rings. The summed E-state index contributed by atoms with van der Waals surface area (Å²) in [6.45, 7) is 2.62. The van der Waals surface area contributed by atoms with Crippen LogP contribution in [0.1, 0.15) is 17.0 Å². The van der Waals surface area contributed by atoms with Crippen LogP contribution < -0.4 is 10.6 Å². The Morgan fingerprint density at radius 1 is 1.32 bits per heavy atom. The van der Waals surface area contributed by atoms with Crippen LogP contribution in [0.3, 0.4) is 0 Å². The summed E-state index contributed by atoms with van der Waals surface area (Å²) in [6.07, 6.45) is 0. The van der Waals surface area contributed by atoms with Gasteiger partial charge in [-0.3, -0.25) is 4.98 Å². The van der Waals surface area contributed by atoms with Crippen molar-refractivity contribution in [3.8, 4) is 6.07 Å². The number of nitrogens with two attached hydrogens (primary N) is 1. The van der Waals surface area contributed by atoms with Crippen molar-refractivity contribution in [2.45, 2.75) is 13.5 Å². The Kier molecular flexibility index (Phi) is 3.67. The van der Waals surface area contributed by atoms with Gasteiger partial charge in [-0.1, -0.05) is 6.07 Å². The van der Waals surface area contributed by atoms with E-state index >= 15 is 0 Å². The van der Waals surface area contributed by atoms with E-state index in [-0.39, 0.29) is 0 Å². The molecule has 0 aliphatic carbocycles. The van der Waals surface area contributed by atoms with Crippen LogP contribution >= 0.6 is 0 Å². The average Bonchev–Trinajstić information content (AvgIpc) is 2.39. The highest BCUT2D eigenvalue weighted by Gasteiger charge is 2.08. The molecule has 4 nitrogen and oxygen atoms in total. The van der Waals surface area contributed by atoms with Crippen molar-refractivity contribution in [1.82, 2.24) is 4.98 Å². The zero-order valence-corrected chi connectivity index (χ0v) is 11.1. The molecule has 0 saturated heterocycles. The highest BCUT2D eigenvalue weighted by molar-refractivity contribution is 5.69. The molecule has 0 amide bonds. The van der Waals surface area contributed by atoms with Gasteiger partial charge >= 0.3 is 0 Å². The fourth-order valence-corrected chi connectivity index (χ4v) is 1.96. The Balaban J connectivity index is 2.25. The minimum Gasteiger partial charge on any atom is -0.397 e. The van der Waals surface area contributed by atoms with Gasteiger partial charge < -0.3 is 10.6 Å². The van der Waals surface area contributed by atoms with Gasteiger partial charge in [0.15, 0.2) is 0 Å².